The zero-order chi connectivity index (χ0) is 13.0. The first-order valence-electron chi connectivity index (χ1n) is 5.06. The lowest BCUT2D eigenvalue weighted by atomic mass is 9.94. The van der Waals surface area contributed by atoms with Crippen molar-refractivity contribution < 1.29 is 18.0 Å². The van der Waals surface area contributed by atoms with Gasteiger partial charge >= 0.3 is 6.18 Å². The lowest BCUT2D eigenvalue weighted by Gasteiger charge is -2.31. The largest absolute Gasteiger partial charge is 0.406 e. The van der Waals surface area contributed by atoms with Gasteiger partial charge < -0.3 is 4.90 Å². The molecule has 0 rings (SSSR count). The molecule has 6 heteroatoms. The molecule has 0 aromatic heterocycles. The van der Waals surface area contributed by atoms with Crippen LogP contribution in [0.2, 0.25) is 0 Å². The first-order valence-corrected chi connectivity index (χ1v) is 5.59. The number of hydrogen-bond acceptors (Lipinski definition) is 1. The van der Waals surface area contributed by atoms with Crippen molar-refractivity contribution in [3.63, 3.8) is 0 Å². The van der Waals surface area contributed by atoms with Gasteiger partial charge in [0.2, 0.25) is 5.91 Å². The van der Waals surface area contributed by atoms with Crippen molar-refractivity contribution in [1.82, 2.24) is 4.90 Å². The number of amides is 1. The SMILES string of the molecule is CCCN(CC(F)(F)F)C(=O)C(C)(C)CCl. The van der Waals surface area contributed by atoms with Gasteiger partial charge in [-0.05, 0) is 20.3 Å². The summed E-state index contributed by atoms with van der Waals surface area (Å²) in [7, 11) is 0. The number of rotatable bonds is 5. The maximum absolute atomic E-state index is 12.3. The van der Waals surface area contributed by atoms with E-state index in [1.165, 1.54) is 0 Å². The molecular formula is C10H17ClF3NO. The molecule has 0 spiro atoms. The van der Waals surface area contributed by atoms with Crippen molar-refractivity contribution in [3.8, 4) is 0 Å². The molecule has 0 aliphatic carbocycles. The van der Waals surface area contributed by atoms with Gasteiger partial charge in [-0.15, -0.1) is 11.6 Å². The second-order valence-electron chi connectivity index (χ2n) is 4.36. The predicted octanol–water partition coefficient (Wildman–Crippen LogP) is 3.05. The maximum atomic E-state index is 12.3. The van der Waals surface area contributed by atoms with Crippen molar-refractivity contribution in [2.75, 3.05) is 19.0 Å². The number of nitrogens with zero attached hydrogens (tertiary/aromatic N) is 1. The van der Waals surface area contributed by atoms with Crippen molar-refractivity contribution in [3.05, 3.63) is 0 Å². The van der Waals surface area contributed by atoms with E-state index in [0.29, 0.717) is 6.42 Å². The van der Waals surface area contributed by atoms with Gasteiger partial charge in [-0.25, -0.2) is 0 Å². The molecule has 0 N–H and O–H groups in total. The number of carbonyl (C=O) groups is 1. The van der Waals surface area contributed by atoms with Crippen LogP contribution in [-0.4, -0.2) is 36.0 Å². The highest BCUT2D eigenvalue weighted by molar-refractivity contribution is 6.19. The Hall–Kier alpha value is -0.450. The van der Waals surface area contributed by atoms with Crippen molar-refractivity contribution >= 4 is 17.5 Å². The van der Waals surface area contributed by atoms with Gasteiger partial charge in [0, 0.05) is 12.4 Å². The van der Waals surface area contributed by atoms with Crippen molar-refractivity contribution in [2.24, 2.45) is 5.41 Å². The molecule has 0 heterocycles. The fourth-order valence-corrected chi connectivity index (χ4v) is 1.34. The Bertz CT molecular complexity index is 241. The third kappa shape index (κ3) is 5.05. The van der Waals surface area contributed by atoms with Gasteiger partial charge in [-0.3, -0.25) is 4.79 Å². The van der Waals surface area contributed by atoms with Crippen LogP contribution in [-0.2, 0) is 4.79 Å². The average Bonchev–Trinajstić information content (AvgIpc) is 2.14. The van der Waals surface area contributed by atoms with Gasteiger partial charge in [0.15, 0.2) is 0 Å². The minimum absolute atomic E-state index is 0.00387. The monoisotopic (exact) mass is 259 g/mol. The molecule has 0 aliphatic heterocycles. The predicted molar refractivity (Wildman–Crippen MR) is 57.4 cm³/mol. The molecule has 0 saturated carbocycles. The van der Waals surface area contributed by atoms with E-state index in [9.17, 15) is 18.0 Å². The Morgan fingerprint density at radius 3 is 2.12 bits per heavy atom. The summed E-state index contributed by atoms with van der Waals surface area (Å²) >= 11 is 5.57. The minimum Gasteiger partial charge on any atom is -0.333 e. The highest BCUT2D eigenvalue weighted by Crippen LogP contribution is 2.24. The van der Waals surface area contributed by atoms with Crippen LogP contribution in [0.1, 0.15) is 27.2 Å². The maximum Gasteiger partial charge on any atom is 0.406 e. The molecule has 0 saturated heterocycles. The molecular weight excluding hydrogens is 243 g/mol. The molecule has 0 atom stereocenters. The quantitative estimate of drug-likeness (QED) is 0.695. The highest BCUT2D eigenvalue weighted by Gasteiger charge is 2.37. The van der Waals surface area contributed by atoms with E-state index >= 15 is 0 Å². The summed E-state index contributed by atoms with van der Waals surface area (Å²) in [6.07, 6.45) is -3.88. The lowest BCUT2D eigenvalue weighted by molar-refractivity contribution is -0.166. The normalized spacial score (nSPS) is 12.7. The smallest absolute Gasteiger partial charge is 0.333 e. The van der Waals surface area contributed by atoms with Crippen molar-refractivity contribution in [2.45, 2.75) is 33.4 Å². The van der Waals surface area contributed by atoms with Crippen LogP contribution in [0.15, 0.2) is 0 Å². The van der Waals surface area contributed by atoms with Crippen molar-refractivity contribution in [1.29, 1.82) is 0 Å². The number of carbonyl (C=O) groups excluding carboxylic acids is 1. The Labute approximate surface area is 98.7 Å². The Kier molecular flexibility index (Phi) is 5.59. The first kappa shape index (κ1) is 15.6. The van der Waals surface area contributed by atoms with E-state index in [0.717, 1.165) is 4.90 Å². The van der Waals surface area contributed by atoms with Crippen LogP contribution >= 0.6 is 11.6 Å². The van der Waals surface area contributed by atoms with Crippen LogP contribution < -0.4 is 0 Å². The van der Waals surface area contributed by atoms with Gasteiger partial charge in [0.05, 0.1) is 5.41 Å². The molecule has 0 unspecified atom stereocenters. The zero-order valence-electron chi connectivity index (χ0n) is 9.70. The zero-order valence-corrected chi connectivity index (χ0v) is 10.5. The number of halogens is 4. The van der Waals surface area contributed by atoms with E-state index < -0.39 is 24.0 Å². The second kappa shape index (κ2) is 5.75. The summed E-state index contributed by atoms with van der Waals surface area (Å²) in [5.41, 5.74) is -0.956. The van der Waals surface area contributed by atoms with Gasteiger partial charge in [0.1, 0.15) is 6.54 Å². The average molecular weight is 260 g/mol. The number of alkyl halides is 4. The van der Waals surface area contributed by atoms with E-state index in [1.807, 2.05) is 0 Å². The second-order valence-corrected chi connectivity index (χ2v) is 4.63. The topological polar surface area (TPSA) is 20.3 Å². The van der Waals surface area contributed by atoms with Crippen LogP contribution in [0.25, 0.3) is 0 Å². The van der Waals surface area contributed by atoms with Crippen LogP contribution in [0.4, 0.5) is 13.2 Å². The lowest BCUT2D eigenvalue weighted by Crippen LogP contribution is -2.46. The molecule has 0 radical (unpaired) electrons. The molecule has 2 nitrogen and oxygen atoms in total. The standard InChI is InChI=1S/C10H17ClF3NO/c1-4-5-15(7-10(12,13)14)8(16)9(2,3)6-11/h4-7H2,1-3H3. The summed E-state index contributed by atoms with van der Waals surface area (Å²) in [5, 5.41) is 0. The van der Waals surface area contributed by atoms with E-state index in [2.05, 4.69) is 0 Å². The Morgan fingerprint density at radius 1 is 1.31 bits per heavy atom. The van der Waals surface area contributed by atoms with E-state index in [1.54, 1.807) is 20.8 Å². The molecule has 1 amide bonds. The van der Waals surface area contributed by atoms with Gasteiger partial charge in [-0.2, -0.15) is 13.2 Å². The molecule has 0 aliphatic rings. The summed E-state index contributed by atoms with van der Waals surface area (Å²) in [5.74, 6) is -0.550. The Balaban J connectivity index is 4.72. The van der Waals surface area contributed by atoms with Gasteiger partial charge in [-0.1, -0.05) is 6.92 Å². The van der Waals surface area contributed by atoms with Crippen LogP contribution in [0, 0.1) is 5.41 Å². The van der Waals surface area contributed by atoms with E-state index in [-0.39, 0.29) is 12.4 Å². The molecule has 96 valence electrons. The molecule has 0 aromatic carbocycles. The Morgan fingerprint density at radius 2 is 1.81 bits per heavy atom. The number of hydrogen-bond donors (Lipinski definition) is 0. The minimum atomic E-state index is -4.37. The van der Waals surface area contributed by atoms with E-state index in [4.69, 9.17) is 11.6 Å². The molecule has 0 fully saturated rings. The molecule has 0 bridgehead atoms. The summed E-state index contributed by atoms with van der Waals surface area (Å²) in [4.78, 5) is 12.6. The fourth-order valence-electron chi connectivity index (χ4n) is 1.22. The highest BCUT2D eigenvalue weighted by atomic mass is 35.5. The van der Waals surface area contributed by atoms with Crippen LogP contribution in [0.5, 0.6) is 0 Å². The third-order valence-corrected chi connectivity index (χ3v) is 2.73. The first-order chi connectivity index (χ1) is 7.14. The molecule has 0 aromatic rings. The van der Waals surface area contributed by atoms with Crippen LogP contribution in [0.3, 0.4) is 0 Å². The summed E-state index contributed by atoms with van der Waals surface area (Å²) in [6.45, 7) is 3.70. The third-order valence-electron chi connectivity index (χ3n) is 2.06. The summed E-state index contributed by atoms with van der Waals surface area (Å²) < 4.78 is 36.8. The fraction of sp³-hybridized carbons (Fsp3) is 0.900. The van der Waals surface area contributed by atoms with Gasteiger partial charge in [0.25, 0.3) is 0 Å². The summed E-state index contributed by atoms with van der Waals surface area (Å²) in [6, 6.07) is 0. The molecule has 16 heavy (non-hydrogen) atoms.